The Hall–Kier alpha value is -0.630. The van der Waals surface area contributed by atoms with Gasteiger partial charge in [0.05, 0.1) is 5.60 Å². The number of hydrogen-bond acceptors (Lipinski definition) is 2. The van der Waals surface area contributed by atoms with Crippen molar-refractivity contribution in [2.75, 3.05) is 0 Å². The third kappa shape index (κ3) is 1.94. The second-order valence-electron chi connectivity index (χ2n) is 9.35. The van der Waals surface area contributed by atoms with E-state index < -0.39 is 5.60 Å². The molecule has 2 nitrogen and oxygen atoms in total. The fourth-order valence-corrected chi connectivity index (χ4v) is 7.25. The number of fused-ring (bicyclic) bond motifs is 5. The van der Waals surface area contributed by atoms with E-state index in [1.807, 2.05) is 6.08 Å². The lowest BCUT2D eigenvalue weighted by atomic mass is 9.46. The average molecular weight is 316 g/mol. The van der Waals surface area contributed by atoms with Gasteiger partial charge < -0.3 is 5.11 Å². The van der Waals surface area contributed by atoms with Crippen LogP contribution in [0.25, 0.3) is 0 Å². The van der Waals surface area contributed by atoms with E-state index in [-0.39, 0.29) is 10.8 Å². The largest absolute Gasteiger partial charge is 0.389 e. The van der Waals surface area contributed by atoms with E-state index >= 15 is 0 Å². The molecule has 0 saturated heterocycles. The maximum absolute atomic E-state index is 11.9. The third-order valence-corrected chi connectivity index (χ3v) is 8.87. The molecule has 0 amide bonds. The van der Waals surface area contributed by atoms with Crippen molar-refractivity contribution in [1.82, 2.24) is 0 Å². The van der Waals surface area contributed by atoms with Gasteiger partial charge in [-0.1, -0.05) is 26.3 Å². The summed E-state index contributed by atoms with van der Waals surface area (Å²) in [4.78, 5) is 11.9. The lowest BCUT2D eigenvalue weighted by molar-refractivity contribution is -0.130. The number of carbonyl (C=O) groups excluding carboxylic acids is 1. The first-order chi connectivity index (χ1) is 10.8. The van der Waals surface area contributed by atoms with Crippen LogP contribution in [0.2, 0.25) is 0 Å². The van der Waals surface area contributed by atoms with E-state index in [1.54, 1.807) is 0 Å². The van der Waals surface area contributed by atoms with Crippen LogP contribution < -0.4 is 0 Å². The van der Waals surface area contributed by atoms with Crippen molar-refractivity contribution < 1.29 is 9.90 Å². The molecule has 4 aliphatic rings. The van der Waals surface area contributed by atoms with Gasteiger partial charge in [0.1, 0.15) is 0 Å². The van der Waals surface area contributed by atoms with Crippen molar-refractivity contribution in [2.24, 2.45) is 28.6 Å². The van der Waals surface area contributed by atoms with Gasteiger partial charge in [0.15, 0.2) is 5.78 Å². The third-order valence-electron chi connectivity index (χ3n) is 8.87. The first-order valence-corrected chi connectivity index (χ1v) is 9.80. The molecule has 0 heterocycles. The second kappa shape index (κ2) is 4.94. The molecule has 0 aromatic rings. The highest BCUT2D eigenvalue weighted by Crippen LogP contribution is 2.67. The predicted octanol–water partition coefficient (Wildman–Crippen LogP) is 4.66. The van der Waals surface area contributed by atoms with Crippen LogP contribution in [0.4, 0.5) is 0 Å². The molecule has 0 aromatic carbocycles. The zero-order valence-corrected chi connectivity index (χ0v) is 15.0. The molecule has 0 radical (unpaired) electrons. The Labute approximate surface area is 140 Å². The molecule has 1 N–H and O–H groups in total. The van der Waals surface area contributed by atoms with Crippen LogP contribution in [0, 0.1) is 28.6 Å². The molecule has 4 rings (SSSR count). The van der Waals surface area contributed by atoms with Crippen LogP contribution in [-0.4, -0.2) is 16.5 Å². The topological polar surface area (TPSA) is 37.3 Å². The number of hydrogen-bond donors (Lipinski definition) is 1. The summed E-state index contributed by atoms with van der Waals surface area (Å²) in [5.74, 6) is 2.51. The van der Waals surface area contributed by atoms with Crippen molar-refractivity contribution in [1.29, 1.82) is 0 Å². The summed E-state index contributed by atoms with van der Waals surface area (Å²) >= 11 is 0. The molecular weight excluding hydrogens is 284 g/mol. The fourth-order valence-electron chi connectivity index (χ4n) is 7.25. The molecule has 2 heteroatoms. The smallest absolute Gasteiger partial charge is 0.155 e. The molecule has 0 aromatic heterocycles. The number of aliphatic hydroxyl groups is 1. The van der Waals surface area contributed by atoms with E-state index in [2.05, 4.69) is 20.8 Å². The zero-order valence-electron chi connectivity index (χ0n) is 15.0. The predicted molar refractivity (Wildman–Crippen MR) is 92.0 cm³/mol. The van der Waals surface area contributed by atoms with Gasteiger partial charge in [-0.2, -0.15) is 0 Å². The first-order valence-electron chi connectivity index (χ1n) is 9.80. The molecule has 128 valence electrons. The van der Waals surface area contributed by atoms with Gasteiger partial charge in [-0.3, -0.25) is 4.79 Å². The quantitative estimate of drug-likeness (QED) is 0.764. The van der Waals surface area contributed by atoms with E-state index in [0.717, 1.165) is 43.9 Å². The Bertz CT molecular complexity index is 564. The SMILES string of the molecule is CC[C@]1(O)CC[C@@H]2[C@H]3CCC4=CC(=O)CC[C@@]4(C)[C@@H]3CC[C@@]21C. The summed E-state index contributed by atoms with van der Waals surface area (Å²) in [6.45, 7) is 6.98. The minimum Gasteiger partial charge on any atom is -0.389 e. The molecule has 0 aliphatic heterocycles. The highest BCUT2D eigenvalue weighted by molar-refractivity contribution is 5.91. The van der Waals surface area contributed by atoms with Gasteiger partial charge in [-0.15, -0.1) is 0 Å². The Morgan fingerprint density at radius 1 is 1.09 bits per heavy atom. The van der Waals surface area contributed by atoms with Crippen molar-refractivity contribution in [3.8, 4) is 0 Å². The highest BCUT2D eigenvalue weighted by Gasteiger charge is 2.63. The summed E-state index contributed by atoms with van der Waals surface area (Å²) < 4.78 is 0. The average Bonchev–Trinajstić information content (AvgIpc) is 2.80. The van der Waals surface area contributed by atoms with Crippen LogP contribution in [-0.2, 0) is 4.79 Å². The molecule has 6 atom stereocenters. The molecule has 4 aliphatic carbocycles. The summed E-state index contributed by atoms with van der Waals surface area (Å²) in [5, 5.41) is 11.2. The molecule has 0 bridgehead atoms. The lowest BCUT2D eigenvalue weighted by Gasteiger charge is -2.59. The number of allylic oxidation sites excluding steroid dienone is 1. The van der Waals surface area contributed by atoms with Gasteiger partial charge in [0.25, 0.3) is 0 Å². The minimum absolute atomic E-state index is 0.116. The molecule has 0 spiro atoms. The summed E-state index contributed by atoms with van der Waals surface area (Å²) in [6, 6.07) is 0. The zero-order chi connectivity index (χ0) is 16.5. The lowest BCUT2D eigenvalue weighted by Crippen LogP contribution is -2.54. The molecule has 3 fully saturated rings. The van der Waals surface area contributed by atoms with Crippen LogP contribution >= 0.6 is 0 Å². The van der Waals surface area contributed by atoms with Crippen molar-refractivity contribution >= 4 is 5.78 Å². The van der Waals surface area contributed by atoms with Crippen molar-refractivity contribution in [3.05, 3.63) is 11.6 Å². The minimum atomic E-state index is -0.442. The van der Waals surface area contributed by atoms with Gasteiger partial charge in [0.2, 0.25) is 0 Å². The van der Waals surface area contributed by atoms with Crippen LogP contribution in [0.3, 0.4) is 0 Å². The van der Waals surface area contributed by atoms with Crippen LogP contribution in [0.1, 0.15) is 78.6 Å². The second-order valence-corrected chi connectivity index (χ2v) is 9.35. The van der Waals surface area contributed by atoms with Gasteiger partial charge in [0, 0.05) is 6.42 Å². The van der Waals surface area contributed by atoms with Gasteiger partial charge in [-0.25, -0.2) is 0 Å². The van der Waals surface area contributed by atoms with Crippen LogP contribution in [0.5, 0.6) is 0 Å². The standard InChI is InChI=1S/C21H32O2/c1-4-21(23)12-9-18-16-6-5-14-13-15(22)7-10-19(14,2)17(16)8-11-20(18,21)3/h13,16-18,23H,4-12H2,1-3H3/t16-,17+,18+,19+,20-,21-/m0/s1. The van der Waals surface area contributed by atoms with E-state index in [0.29, 0.717) is 11.7 Å². The number of ketones is 1. The molecule has 0 unspecified atom stereocenters. The van der Waals surface area contributed by atoms with Gasteiger partial charge >= 0.3 is 0 Å². The summed E-state index contributed by atoms with van der Waals surface area (Å²) in [7, 11) is 0. The molecule has 23 heavy (non-hydrogen) atoms. The van der Waals surface area contributed by atoms with E-state index in [1.165, 1.54) is 31.3 Å². The van der Waals surface area contributed by atoms with Crippen molar-refractivity contribution in [3.63, 3.8) is 0 Å². The highest BCUT2D eigenvalue weighted by atomic mass is 16.3. The summed E-state index contributed by atoms with van der Waals surface area (Å²) in [5.41, 5.74) is 1.38. The van der Waals surface area contributed by atoms with Gasteiger partial charge in [-0.05, 0) is 86.0 Å². The van der Waals surface area contributed by atoms with E-state index in [9.17, 15) is 9.90 Å². The Morgan fingerprint density at radius 2 is 1.83 bits per heavy atom. The fraction of sp³-hybridized carbons (Fsp3) is 0.857. The monoisotopic (exact) mass is 316 g/mol. The Balaban J connectivity index is 1.69. The maximum atomic E-state index is 11.9. The number of rotatable bonds is 1. The number of carbonyl (C=O) groups is 1. The molecule has 3 saturated carbocycles. The first kappa shape index (κ1) is 15.9. The maximum Gasteiger partial charge on any atom is 0.155 e. The normalized spacial score (nSPS) is 52.4. The van der Waals surface area contributed by atoms with Crippen molar-refractivity contribution in [2.45, 2.75) is 84.2 Å². The Morgan fingerprint density at radius 3 is 2.57 bits per heavy atom. The van der Waals surface area contributed by atoms with Crippen LogP contribution in [0.15, 0.2) is 11.6 Å². The summed E-state index contributed by atoms with van der Waals surface area (Å²) in [6.07, 6.45) is 11.6. The van der Waals surface area contributed by atoms with E-state index in [4.69, 9.17) is 0 Å². The molecular formula is C21H32O2. The Kier molecular flexibility index (Phi) is 3.41.